The van der Waals surface area contributed by atoms with Gasteiger partial charge in [-0.3, -0.25) is 9.69 Å². The zero-order chi connectivity index (χ0) is 23.9. The van der Waals surface area contributed by atoms with E-state index in [9.17, 15) is 14.9 Å². The Kier molecular flexibility index (Phi) is 5.54. The van der Waals surface area contributed by atoms with Crippen LogP contribution in [-0.4, -0.2) is 29.1 Å². The molecule has 1 spiro atoms. The lowest BCUT2D eigenvalue weighted by Crippen LogP contribution is -2.51. The maximum Gasteiger partial charge on any atom is 0.323 e. The van der Waals surface area contributed by atoms with Gasteiger partial charge in [0.2, 0.25) is 0 Å². The summed E-state index contributed by atoms with van der Waals surface area (Å²) in [5.74, 6) is 0.537. The fourth-order valence-corrected chi connectivity index (χ4v) is 6.09. The van der Waals surface area contributed by atoms with Crippen LogP contribution >= 0.6 is 11.8 Å². The Bertz CT molecular complexity index is 1330. The summed E-state index contributed by atoms with van der Waals surface area (Å²) in [5.41, 5.74) is 5.91. The zero-order valence-corrected chi connectivity index (χ0v) is 19.9. The summed E-state index contributed by atoms with van der Waals surface area (Å²) >= 11 is 1.50. The Hall–Kier alpha value is -3.76. The van der Waals surface area contributed by atoms with Crippen molar-refractivity contribution in [1.82, 2.24) is 4.90 Å². The maximum atomic E-state index is 14.1. The highest BCUT2D eigenvalue weighted by Crippen LogP contribution is 2.54. The van der Waals surface area contributed by atoms with Gasteiger partial charge in [0.25, 0.3) is 5.91 Å². The topological polar surface area (TPSA) is 76.4 Å². The van der Waals surface area contributed by atoms with Crippen LogP contribution in [0.1, 0.15) is 27.8 Å². The van der Waals surface area contributed by atoms with Gasteiger partial charge in [0.1, 0.15) is 0 Å². The summed E-state index contributed by atoms with van der Waals surface area (Å²) in [6, 6.07) is 22.7. The fraction of sp³-hybridized carbons (Fsp3) is 0.222. The summed E-state index contributed by atoms with van der Waals surface area (Å²) in [6.45, 7) is 4.79. The first-order valence-corrected chi connectivity index (χ1v) is 12.1. The minimum absolute atomic E-state index is 0.128. The van der Waals surface area contributed by atoms with E-state index in [-0.39, 0.29) is 11.9 Å². The van der Waals surface area contributed by atoms with E-state index in [2.05, 4.69) is 11.4 Å². The molecule has 34 heavy (non-hydrogen) atoms. The predicted octanol–water partition coefficient (Wildman–Crippen LogP) is 5.16. The molecule has 5 rings (SSSR count). The normalized spacial score (nSPS) is 18.8. The minimum atomic E-state index is -1.11. The number of urea groups is 1. The molecule has 1 atom stereocenters. The second-order valence-electron chi connectivity index (χ2n) is 8.66. The first kappa shape index (κ1) is 22.1. The first-order valence-electron chi connectivity index (χ1n) is 11.1. The van der Waals surface area contributed by atoms with Gasteiger partial charge in [-0.05, 0) is 49.7 Å². The molecule has 0 radical (unpaired) electrons. The quantitative estimate of drug-likeness (QED) is 0.576. The Morgan fingerprint density at radius 1 is 1.09 bits per heavy atom. The highest BCUT2D eigenvalue weighted by molar-refractivity contribution is 8.01. The molecular weight excluding hydrogens is 444 g/mol. The molecular formula is C27H24N4O2S. The Morgan fingerprint density at radius 2 is 1.85 bits per heavy atom. The number of nitrogens with zero attached hydrogens (tertiary/aromatic N) is 3. The third-order valence-corrected chi connectivity index (χ3v) is 7.71. The maximum absolute atomic E-state index is 14.1. The number of hydrogen-bond acceptors (Lipinski definition) is 4. The molecule has 3 aromatic rings. The van der Waals surface area contributed by atoms with Crippen LogP contribution in [0.15, 0.2) is 66.7 Å². The number of carbonyl (C=O) groups excluding carboxylic acids is 2. The lowest BCUT2D eigenvalue weighted by atomic mass is 10.0. The van der Waals surface area contributed by atoms with Crippen LogP contribution in [0.5, 0.6) is 0 Å². The number of aryl methyl sites for hydroxylation is 2. The number of hydrogen-bond donors (Lipinski definition) is 1. The number of carbonyl (C=O) groups is 2. The molecule has 0 aliphatic carbocycles. The van der Waals surface area contributed by atoms with Crippen molar-refractivity contribution in [2.75, 3.05) is 22.5 Å². The van der Waals surface area contributed by atoms with Gasteiger partial charge in [-0.25, -0.2) is 4.79 Å². The van der Waals surface area contributed by atoms with Crippen molar-refractivity contribution >= 4 is 35.1 Å². The Labute approximate surface area is 203 Å². The molecule has 170 valence electrons. The van der Waals surface area contributed by atoms with Crippen LogP contribution in [0.4, 0.5) is 16.2 Å². The number of thioether (sulfide) groups is 1. The van der Waals surface area contributed by atoms with E-state index in [0.29, 0.717) is 30.1 Å². The summed E-state index contributed by atoms with van der Waals surface area (Å²) in [7, 11) is 0. The van der Waals surface area contributed by atoms with Gasteiger partial charge in [0.15, 0.2) is 4.87 Å². The van der Waals surface area contributed by atoms with Crippen LogP contribution in [0, 0.1) is 25.2 Å². The van der Waals surface area contributed by atoms with Crippen molar-refractivity contribution < 1.29 is 9.59 Å². The van der Waals surface area contributed by atoms with Crippen molar-refractivity contribution in [2.45, 2.75) is 25.3 Å². The minimum Gasteiger partial charge on any atom is -0.308 e. The van der Waals surface area contributed by atoms with Crippen molar-refractivity contribution in [1.29, 1.82) is 5.26 Å². The van der Waals surface area contributed by atoms with Gasteiger partial charge in [-0.1, -0.05) is 47.5 Å². The van der Waals surface area contributed by atoms with Gasteiger partial charge in [-0.2, -0.15) is 5.26 Å². The third kappa shape index (κ3) is 3.61. The lowest BCUT2D eigenvalue weighted by Gasteiger charge is -2.33. The van der Waals surface area contributed by atoms with Crippen LogP contribution < -0.4 is 10.2 Å². The Morgan fingerprint density at radius 3 is 2.62 bits per heavy atom. The number of amides is 3. The largest absolute Gasteiger partial charge is 0.323 e. The van der Waals surface area contributed by atoms with E-state index in [1.54, 1.807) is 21.9 Å². The predicted molar refractivity (Wildman–Crippen MR) is 135 cm³/mol. The molecule has 0 bridgehead atoms. The van der Waals surface area contributed by atoms with Gasteiger partial charge in [-0.15, -0.1) is 11.8 Å². The number of rotatable bonds is 3. The van der Waals surface area contributed by atoms with Crippen LogP contribution in [-0.2, 0) is 16.2 Å². The fourth-order valence-electron chi connectivity index (χ4n) is 4.64. The van der Waals surface area contributed by atoms with E-state index in [1.807, 2.05) is 68.4 Å². The molecule has 1 saturated heterocycles. The van der Waals surface area contributed by atoms with Gasteiger partial charge >= 0.3 is 6.03 Å². The number of benzene rings is 3. The molecule has 7 heteroatoms. The highest BCUT2D eigenvalue weighted by Gasteiger charge is 2.59. The summed E-state index contributed by atoms with van der Waals surface area (Å²) < 4.78 is 0. The molecule has 2 heterocycles. The first-order chi connectivity index (χ1) is 16.4. The monoisotopic (exact) mass is 468 g/mol. The van der Waals surface area contributed by atoms with Crippen molar-refractivity contribution in [3.05, 3.63) is 94.5 Å². The van der Waals surface area contributed by atoms with Crippen molar-refractivity contribution in [2.24, 2.45) is 0 Å². The van der Waals surface area contributed by atoms with E-state index in [0.717, 1.165) is 27.9 Å². The molecule has 2 aliphatic heterocycles. The number of nitriles is 1. The second-order valence-corrected chi connectivity index (χ2v) is 9.95. The molecule has 6 nitrogen and oxygen atoms in total. The second kappa shape index (κ2) is 8.54. The Balaban J connectivity index is 1.53. The molecule has 0 unspecified atom stereocenters. The molecule has 0 saturated carbocycles. The number of nitrogens with one attached hydrogen (secondary N) is 1. The summed E-state index contributed by atoms with van der Waals surface area (Å²) in [4.78, 5) is 29.8. The van der Waals surface area contributed by atoms with Crippen molar-refractivity contribution in [3.8, 4) is 6.07 Å². The van der Waals surface area contributed by atoms with Gasteiger partial charge in [0.05, 0.1) is 23.9 Å². The van der Waals surface area contributed by atoms with E-state index in [1.165, 1.54) is 11.8 Å². The summed E-state index contributed by atoms with van der Waals surface area (Å²) in [5, 5.41) is 12.3. The van der Waals surface area contributed by atoms with E-state index in [4.69, 9.17) is 0 Å². The lowest BCUT2D eigenvalue weighted by molar-refractivity contribution is -0.123. The summed E-state index contributed by atoms with van der Waals surface area (Å²) in [6.07, 6.45) is 0. The molecule has 2 aliphatic rings. The average molecular weight is 469 g/mol. The van der Waals surface area contributed by atoms with Crippen LogP contribution in [0.2, 0.25) is 0 Å². The van der Waals surface area contributed by atoms with Crippen LogP contribution in [0.3, 0.4) is 0 Å². The SMILES string of the molecule is Cc1ccc(NC(=O)N2CCS[C@]23C(=O)N(Cc2cccc(C#N)c2)c2ccc(C)cc23)cc1. The van der Waals surface area contributed by atoms with E-state index < -0.39 is 4.87 Å². The molecule has 3 aromatic carbocycles. The average Bonchev–Trinajstić information content (AvgIpc) is 3.38. The van der Waals surface area contributed by atoms with E-state index >= 15 is 0 Å². The molecule has 1 N–H and O–H groups in total. The third-order valence-electron chi connectivity index (χ3n) is 6.29. The molecule has 0 aromatic heterocycles. The highest BCUT2D eigenvalue weighted by atomic mass is 32.2. The standard InChI is InChI=1S/C27H24N4O2S/c1-18-6-9-22(10-7-18)29-26(33)31-12-13-34-27(31)23-14-19(2)8-11-24(23)30(25(27)32)17-21-5-3-4-20(15-21)16-28/h3-11,14-15H,12-13,17H2,1-2H3,(H,29,33)/t27-/m1/s1. The molecule has 1 fully saturated rings. The molecule has 3 amide bonds. The van der Waals surface area contributed by atoms with Crippen LogP contribution in [0.25, 0.3) is 0 Å². The van der Waals surface area contributed by atoms with Gasteiger partial charge < -0.3 is 10.2 Å². The van der Waals surface area contributed by atoms with Crippen molar-refractivity contribution in [3.63, 3.8) is 0 Å². The zero-order valence-electron chi connectivity index (χ0n) is 19.0. The van der Waals surface area contributed by atoms with Gasteiger partial charge in [0, 0.05) is 23.5 Å². The number of anilines is 2. The smallest absolute Gasteiger partial charge is 0.308 e. The number of fused-ring (bicyclic) bond motifs is 2.